The first-order chi connectivity index (χ1) is 26.1. The van der Waals surface area contributed by atoms with Gasteiger partial charge in [0, 0.05) is 12.8 Å². The van der Waals surface area contributed by atoms with Crippen LogP contribution in [0.2, 0.25) is 0 Å². The highest BCUT2D eigenvalue weighted by Crippen LogP contribution is 2.43. The van der Waals surface area contributed by atoms with Crippen molar-refractivity contribution in [3.8, 4) is 0 Å². The molecular weight excluding hydrogens is 703 g/mol. The highest BCUT2D eigenvalue weighted by molar-refractivity contribution is 7.47. The Morgan fingerprint density at radius 3 is 1.13 bits per heavy atom. The van der Waals surface area contributed by atoms with Crippen LogP contribution in [0.5, 0.6) is 0 Å². The summed E-state index contributed by atoms with van der Waals surface area (Å²) in [5.41, 5.74) is 0. The number of hydrogen-bond donors (Lipinski definition) is 3. The maximum atomic E-state index is 13.1. The Labute approximate surface area is 333 Å². The summed E-state index contributed by atoms with van der Waals surface area (Å²) in [5, 5.41) is 18.2. The smallest absolute Gasteiger partial charge is 0.394 e. The van der Waals surface area contributed by atoms with Crippen LogP contribution in [0.25, 0.3) is 0 Å². The van der Waals surface area contributed by atoms with Gasteiger partial charge in [-0.2, -0.15) is 0 Å². The second-order valence-electron chi connectivity index (χ2n) is 15.0. The Kier molecular flexibility index (Phi) is 42.7. The van der Waals surface area contributed by atoms with Gasteiger partial charge in [-0.15, -0.1) is 0 Å². The number of rotatable bonds is 39. The molecule has 0 rings (SSSR count). The third-order valence-electron chi connectivity index (χ3n) is 10.1. The molecule has 3 N–H and O–H groups in total. The van der Waals surface area contributed by atoms with Crippen LogP contribution in [0.3, 0.4) is 0 Å². The quantitative estimate of drug-likeness (QED) is 0.0410. The van der Waals surface area contributed by atoms with E-state index >= 15 is 0 Å². The van der Waals surface area contributed by atoms with Crippen molar-refractivity contribution in [3.63, 3.8) is 0 Å². The van der Waals surface area contributed by atoms with Crippen molar-refractivity contribution >= 4 is 19.6 Å². The van der Waals surface area contributed by atoms with E-state index in [0.717, 1.165) is 38.5 Å². The molecule has 0 saturated carbocycles. The number of hydrogen-bond acceptors (Lipinski definition) is 8. The number of phosphoric acid groups is 1. The van der Waals surface area contributed by atoms with Crippen molar-refractivity contribution in [1.82, 2.24) is 9.80 Å². The van der Waals surface area contributed by atoms with Gasteiger partial charge in [0.05, 0.1) is 26.4 Å². The number of amides is 2. The molecule has 0 aromatic rings. The van der Waals surface area contributed by atoms with E-state index in [1.807, 2.05) is 0 Å². The van der Waals surface area contributed by atoms with E-state index in [9.17, 15) is 24.2 Å². The standard InChI is InChI=1S/C37H74NO8P.C6H15N/c1-3-5-7-9-11-13-15-17-19-21-23-25-27-29-36(41)38(31-32-45-47(43,44)46-34-35(40)33-39)37(42)30-28-26-24-22-20-18-16-14-12-10-8-6-4-2;1-4-7(5-2)6-3/h35,39-40H,3-34H2,1-2H3,(H,43,44);4-6H2,1-3H3/t35-;/m1./s1. The van der Waals surface area contributed by atoms with Crippen molar-refractivity contribution in [3.05, 3.63) is 0 Å². The average Bonchev–Trinajstić information content (AvgIpc) is 3.16. The monoisotopic (exact) mass is 793 g/mol. The minimum absolute atomic E-state index is 0.134. The van der Waals surface area contributed by atoms with Gasteiger partial charge in [-0.1, -0.05) is 189 Å². The maximum absolute atomic E-state index is 13.1. The van der Waals surface area contributed by atoms with Crippen LogP contribution in [0, 0.1) is 0 Å². The molecule has 324 valence electrons. The lowest BCUT2D eigenvalue weighted by Crippen LogP contribution is -2.39. The Morgan fingerprint density at radius 1 is 0.537 bits per heavy atom. The minimum Gasteiger partial charge on any atom is -0.394 e. The third-order valence-corrected chi connectivity index (χ3v) is 11.1. The normalized spacial score (nSPS) is 13.1. The minimum atomic E-state index is -4.50. The molecular formula is C43H89N2O8P. The highest BCUT2D eigenvalue weighted by Gasteiger charge is 2.25. The van der Waals surface area contributed by atoms with Gasteiger partial charge in [-0.05, 0) is 32.5 Å². The molecule has 11 heteroatoms. The van der Waals surface area contributed by atoms with Crippen LogP contribution in [-0.4, -0.2) is 88.8 Å². The van der Waals surface area contributed by atoms with Gasteiger partial charge in [0.1, 0.15) is 6.10 Å². The fraction of sp³-hybridized carbons (Fsp3) is 0.953. The zero-order valence-electron chi connectivity index (χ0n) is 36.1. The van der Waals surface area contributed by atoms with Gasteiger partial charge >= 0.3 is 7.82 Å². The molecule has 0 aliphatic carbocycles. The van der Waals surface area contributed by atoms with E-state index in [0.29, 0.717) is 12.8 Å². The molecule has 54 heavy (non-hydrogen) atoms. The first-order valence-electron chi connectivity index (χ1n) is 22.6. The second-order valence-corrected chi connectivity index (χ2v) is 16.4. The number of unbranched alkanes of at least 4 members (excludes halogenated alkanes) is 24. The number of nitrogens with zero attached hydrogens (tertiary/aromatic N) is 2. The zero-order chi connectivity index (χ0) is 40.5. The molecule has 0 aromatic carbocycles. The number of carbonyl (C=O) groups is 2. The molecule has 0 aliphatic rings. The lowest BCUT2D eigenvalue weighted by Gasteiger charge is -2.22. The highest BCUT2D eigenvalue weighted by atomic mass is 31.2. The van der Waals surface area contributed by atoms with Crippen LogP contribution in [0.15, 0.2) is 0 Å². The van der Waals surface area contributed by atoms with Crippen molar-refractivity contribution in [2.24, 2.45) is 0 Å². The fourth-order valence-corrected chi connectivity index (χ4v) is 7.18. The Balaban J connectivity index is 0. The summed E-state index contributed by atoms with van der Waals surface area (Å²) < 4.78 is 21.7. The van der Waals surface area contributed by atoms with Crippen molar-refractivity contribution in [2.45, 2.75) is 221 Å². The number of aliphatic hydroxyl groups excluding tert-OH is 2. The first kappa shape index (κ1) is 55.2. The van der Waals surface area contributed by atoms with Gasteiger partial charge in [0.25, 0.3) is 0 Å². The average molecular weight is 793 g/mol. The van der Waals surface area contributed by atoms with Gasteiger partial charge in [-0.3, -0.25) is 23.5 Å². The summed E-state index contributed by atoms with van der Waals surface area (Å²) in [7, 11) is -4.50. The molecule has 2 atom stereocenters. The summed E-state index contributed by atoms with van der Waals surface area (Å²) in [4.78, 5) is 39.5. The summed E-state index contributed by atoms with van der Waals surface area (Å²) in [5.74, 6) is -0.554. The third kappa shape index (κ3) is 38.0. The van der Waals surface area contributed by atoms with E-state index in [-0.39, 0.29) is 37.8 Å². The van der Waals surface area contributed by atoms with Gasteiger partial charge in [0.15, 0.2) is 0 Å². The Morgan fingerprint density at radius 2 is 0.852 bits per heavy atom. The predicted molar refractivity (Wildman–Crippen MR) is 226 cm³/mol. The lowest BCUT2D eigenvalue weighted by atomic mass is 10.0. The molecule has 0 fully saturated rings. The van der Waals surface area contributed by atoms with E-state index in [2.05, 4.69) is 44.0 Å². The van der Waals surface area contributed by atoms with Crippen molar-refractivity contribution in [2.75, 3.05) is 46.0 Å². The molecule has 0 saturated heterocycles. The summed E-state index contributed by atoms with van der Waals surface area (Å²) in [6.07, 6.45) is 30.6. The van der Waals surface area contributed by atoms with E-state index in [4.69, 9.17) is 9.63 Å². The zero-order valence-corrected chi connectivity index (χ0v) is 36.9. The van der Waals surface area contributed by atoms with E-state index in [1.165, 1.54) is 140 Å². The molecule has 0 aliphatic heterocycles. The Hall–Kier alpha value is -0.870. The van der Waals surface area contributed by atoms with Crippen LogP contribution in [-0.2, 0) is 23.2 Å². The van der Waals surface area contributed by atoms with Crippen LogP contribution >= 0.6 is 7.82 Å². The van der Waals surface area contributed by atoms with E-state index < -0.39 is 27.1 Å². The predicted octanol–water partition coefficient (Wildman–Crippen LogP) is 11.1. The van der Waals surface area contributed by atoms with Gasteiger partial charge in [-0.25, -0.2) is 4.57 Å². The number of carbonyl (C=O) groups excluding carboxylic acids is 2. The fourth-order valence-electron chi connectivity index (χ4n) is 6.43. The van der Waals surface area contributed by atoms with Gasteiger partial charge in [0.2, 0.25) is 11.8 Å². The molecule has 0 radical (unpaired) electrons. The molecule has 0 spiro atoms. The van der Waals surface area contributed by atoms with Crippen LogP contribution in [0.4, 0.5) is 0 Å². The number of phosphoric ester groups is 1. The molecule has 0 aromatic heterocycles. The van der Waals surface area contributed by atoms with Gasteiger partial charge < -0.3 is 20.0 Å². The SMILES string of the molecule is CCCCCCCCCCCCCCCC(=O)N(CCOP(=O)(O)OC[C@H](O)CO)C(=O)CCCCCCCCCCCCCCC.CCN(CC)CC. The largest absolute Gasteiger partial charge is 0.472 e. The van der Waals surface area contributed by atoms with Crippen molar-refractivity contribution < 1.29 is 38.3 Å². The molecule has 0 bridgehead atoms. The van der Waals surface area contributed by atoms with E-state index in [1.54, 1.807) is 0 Å². The lowest BCUT2D eigenvalue weighted by molar-refractivity contribution is -0.145. The maximum Gasteiger partial charge on any atom is 0.472 e. The summed E-state index contributed by atoms with van der Waals surface area (Å²) >= 11 is 0. The van der Waals surface area contributed by atoms with Crippen LogP contribution in [0.1, 0.15) is 214 Å². The van der Waals surface area contributed by atoms with Crippen LogP contribution < -0.4 is 0 Å². The topological polar surface area (TPSA) is 137 Å². The van der Waals surface area contributed by atoms with Crippen molar-refractivity contribution in [1.29, 1.82) is 0 Å². The molecule has 0 heterocycles. The molecule has 2 amide bonds. The summed E-state index contributed by atoms with van der Waals surface area (Å²) in [6.45, 7) is 12.9. The molecule has 1 unspecified atom stereocenters. The first-order valence-corrected chi connectivity index (χ1v) is 24.1. The Bertz CT molecular complexity index is 814. The second kappa shape index (κ2) is 41.8. The summed E-state index contributed by atoms with van der Waals surface area (Å²) in [6, 6.07) is 0. The molecule has 10 nitrogen and oxygen atoms in total. The number of imide groups is 1. The number of aliphatic hydroxyl groups is 2.